The Bertz CT molecular complexity index is 522. The van der Waals surface area contributed by atoms with Crippen LogP contribution in [0.25, 0.3) is 0 Å². The van der Waals surface area contributed by atoms with Gasteiger partial charge in [0.05, 0.1) is 18.3 Å². The summed E-state index contributed by atoms with van der Waals surface area (Å²) < 4.78 is 2.79. The Morgan fingerprint density at radius 3 is 2.56 bits per heavy atom. The van der Waals surface area contributed by atoms with Crippen LogP contribution >= 0.6 is 15.9 Å². The third-order valence-electron chi connectivity index (χ3n) is 2.79. The largest absolute Gasteiger partial charge is 0.394 e. The van der Waals surface area contributed by atoms with Gasteiger partial charge < -0.3 is 10.4 Å². The standard InChI is InChI=1S/C13H16BrN3O/c1-9-12(7-17(2)16-9)13(8-18)15-11-5-3-10(14)4-6-11/h3-7,13,15,18H,8H2,1-2H3. The number of aromatic nitrogens is 2. The van der Waals surface area contributed by atoms with E-state index in [2.05, 4.69) is 26.3 Å². The molecule has 2 rings (SSSR count). The Morgan fingerprint density at radius 2 is 2.06 bits per heavy atom. The molecule has 5 heteroatoms. The van der Waals surface area contributed by atoms with Crippen molar-refractivity contribution < 1.29 is 5.11 Å². The van der Waals surface area contributed by atoms with Crippen LogP contribution in [-0.4, -0.2) is 21.5 Å². The Labute approximate surface area is 115 Å². The normalized spacial score (nSPS) is 12.4. The van der Waals surface area contributed by atoms with E-state index >= 15 is 0 Å². The van der Waals surface area contributed by atoms with Gasteiger partial charge in [0.2, 0.25) is 0 Å². The lowest BCUT2D eigenvalue weighted by atomic mass is 10.1. The molecule has 0 amide bonds. The van der Waals surface area contributed by atoms with Crippen LogP contribution in [0.2, 0.25) is 0 Å². The van der Waals surface area contributed by atoms with Gasteiger partial charge in [-0.1, -0.05) is 15.9 Å². The molecule has 1 aromatic carbocycles. The predicted molar refractivity (Wildman–Crippen MR) is 75.5 cm³/mol. The van der Waals surface area contributed by atoms with E-state index < -0.39 is 0 Å². The number of halogens is 1. The highest BCUT2D eigenvalue weighted by molar-refractivity contribution is 9.10. The van der Waals surface area contributed by atoms with Crippen molar-refractivity contribution in [3.05, 3.63) is 46.2 Å². The molecule has 96 valence electrons. The number of aliphatic hydroxyl groups is 1. The van der Waals surface area contributed by atoms with Crippen LogP contribution in [0.15, 0.2) is 34.9 Å². The molecule has 0 radical (unpaired) electrons. The summed E-state index contributed by atoms with van der Waals surface area (Å²) in [4.78, 5) is 0. The molecule has 0 saturated heterocycles. The lowest BCUT2D eigenvalue weighted by Gasteiger charge is -2.17. The molecule has 4 nitrogen and oxygen atoms in total. The predicted octanol–water partition coefficient (Wildman–Crippen LogP) is 2.64. The fourth-order valence-corrected chi connectivity index (χ4v) is 2.19. The van der Waals surface area contributed by atoms with Crippen molar-refractivity contribution in [2.75, 3.05) is 11.9 Å². The van der Waals surface area contributed by atoms with Gasteiger partial charge in [0.15, 0.2) is 0 Å². The number of nitrogens with one attached hydrogen (secondary N) is 1. The summed E-state index contributed by atoms with van der Waals surface area (Å²) in [6.45, 7) is 1.98. The van der Waals surface area contributed by atoms with Gasteiger partial charge in [-0.05, 0) is 31.2 Å². The van der Waals surface area contributed by atoms with Crippen LogP contribution in [0, 0.1) is 6.92 Å². The molecule has 0 spiro atoms. The Morgan fingerprint density at radius 1 is 1.39 bits per heavy atom. The van der Waals surface area contributed by atoms with Crippen LogP contribution in [0.4, 0.5) is 5.69 Å². The van der Waals surface area contributed by atoms with Crippen LogP contribution in [0.1, 0.15) is 17.3 Å². The number of hydrogen-bond acceptors (Lipinski definition) is 3. The minimum Gasteiger partial charge on any atom is -0.394 e. The van der Waals surface area contributed by atoms with E-state index in [9.17, 15) is 5.11 Å². The molecule has 0 aliphatic carbocycles. The number of hydrogen-bond donors (Lipinski definition) is 2. The van der Waals surface area contributed by atoms with E-state index in [0.29, 0.717) is 0 Å². The fraction of sp³-hybridized carbons (Fsp3) is 0.308. The van der Waals surface area contributed by atoms with Crippen molar-refractivity contribution >= 4 is 21.6 Å². The summed E-state index contributed by atoms with van der Waals surface area (Å²) >= 11 is 3.40. The zero-order valence-electron chi connectivity index (χ0n) is 10.4. The molecule has 1 atom stereocenters. The third-order valence-corrected chi connectivity index (χ3v) is 3.32. The van der Waals surface area contributed by atoms with Crippen LogP contribution in [-0.2, 0) is 7.05 Å². The Kier molecular flexibility index (Phi) is 4.04. The molecule has 18 heavy (non-hydrogen) atoms. The fourth-order valence-electron chi connectivity index (χ4n) is 1.93. The summed E-state index contributed by atoms with van der Waals surface area (Å²) in [6, 6.07) is 7.73. The van der Waals surface area contributed by atoms with Crippen LogP contribution in [0.3, 0.4) is 0 Å². The van der Waals surface area contributed by atoms with Gasteiger partial charge >= 0.3 is 0 Å². The average Bonchev–Trinajstić information content (AvgIpc) is 2.68. The highest BCUT2D eigenvalue weighted by Crippen LogP contribution is 2.22. The monoisotopic (exact) mass is 309 g/mol. The first-order valence-corrected chi connectivity index (χ1v) is 6.52. The smallest absolute Gasteiger partial charge is 0.0778 e. The number of benzene rings is 1. The summed E-state index contributed by atoms with van der Waals surface area (Å²) in [5.74, 6) is 0. The van der Waals surface area contributed by atoms with E-state index in [-0.39, 0.29) is 12.6 Å². The molecular weight excluding hydrogens is 294 g/mol. The summed E-state index contributed by atoms with van der Waals surface area (Å²) in [7, 11) is 1.88. The molecule has 0 fully saturated rings. The van der Waals surface area contributed by atoms with Crippen LogP contribution in [0.5, 0.6) is 0 Å². The van der Waals surface area contributed by atoms with Crippen molar-refractivity contribution in [2.24, 2.45) is 7.05 Å². The van der Waals surface area contributed by atoms with Gasteiger partial charge in [-0.2, -0.15) is 5.10 Å². The maximum Gasteiger partial charge on any atom is 0.0778 e. The summed E-state index contributed by atoms with van der Waals surface area (Å²) in [5, 5.41) is 17.1. The molecule has 0 bridgehead atoms. The average molecular weight is 310 g/mol. The first-order chi connectivity index (χ1) is 8.60. The van der Waals surface area contributed by atoms with Gasteiger partial charge in [0, 0.05) is 29.0 Å². The van der Waals surface area contributed by atoms with Crippen LogP contribution < -0.4 is 5.32 Å². The number of aryl methyl sites for hydroxylation is 2. The number of aliphatic hydroxyl groups excluding tert-OH is 1. The minimum absolute atomic E-state index is 0.0304. The molecule has 0 aliphatic rings. The van der Waals surface area contributed by atoms with Gasteiger partial charge in [0.1, 0.15) is 0 Å². The zero-order chi connectivity index (χ0) is 13.1. The lowest BCUT2D eigenvalue weighted by molar-refractivity contribution is 0.276. The van der Waals surface area contributed by atoms with Gasteiger partial charge in [-0.25, -0.2) is 0 Å². The molecule has 0 saturated carbocycles. The van der Waals surface area contributed by atoms with Crippen molar-refractivity contribution in [2.45, 2.75) is 13.0 Å². The van der Waals surface area contributed by atoms with Crippen molar-refractivity contribution in [3.8, 4) is 0 Å². The highest BCUT2D eigenvalue weighted by Gasteiger charge is 2.15. The van der Waals surface area contributed by atoms with Gasteiger partial charge in [0.25, 0.3) is 0 Å². The first kappa shape index (κ1) is 13.1. The highest BCUT2D eigenvalue weighted by atomic mass is 79.9. The molecule has 2 aromatic rings. The minimum atomic E-state index is -0.139. The lowest BCUT2D eigenvalue weighted by Crippen LogP contribution is -2.15. The maximum absolute atomic E-state index is 9.52. The third kappa shape index (κ3) is 2.91. The Hall–Kier alpha value is -1.33. The van der Waals surface area contributed by atoms with E-state index in [1.807, 2.05) is 44.4 Å². The zero-order valence-corrected chi connectivity index (χ0v) is 12.0. The SMILES string of the molecule is Cc1nn(C)cc1C(CO)Nc1ccc(Br)cc1. The number of anilines is 1. The maximum atomic E-state index is 9.52. The Balaban J connectivity index is 2.19. The molecule has 0 aliphatic heterocycles. The number of nitrogens with zero attached hydrogens (tertiary/aromatic N) is 2. The van der Waals surface area contributed by atoms with Gasteiger partial charge in [-0.3, -0.25) is 4.68 Å². The van der Waals surface area contributed by atoms with E-state index in [1.54, 1.807) is 4.68 Å². The van der Waals surface area contributed by atoms with Gasteiger partial charge in [-0.15, -0.1) is 0 Å². The molecule has 1 heterocycles. The van der Waals surface area contributed by atoms with Crippen molar-refractivity contribution in [1.29, 1.82) is 0 Å². The van der Waals surface area contributed by atoms with E-state index in [0.717, 1.165) is 21.4 Å². The van der Waals surface area contributed by atoms with E-state index in [4.69, 9.17) is 0 Å². The van der Waals surface area contributed by atoms with Crippen molar-refractivity contribution in [3.63, 3.8) is 0 Å². The molecular formula is C13H16BrN3O. The molecule has 1 aromatic heterocycles. The topological polar surface area (TPSA) is 50.1 Å². The second-order valence-electron chi connectivity index (χ2n) is 4.23. The first-order valence-electron chi connectivity index (χ1n) is 5.73. The second-order valence-corrected chi connectivity index (χ2v) is 5.15. The summed E-state index contributed by atoms with van der Waals surface area (Å²) in [6.07, 6.45) is 1.93. The van der Waals surface area contributed by atoms with Crippen molar-refractivity contribution in [1.82, 2.24) is 9.78 Å². The van der Waals surface area contributed by atoms with E-state index in [1.165, 1.54) is 0 Å². The second kappa shape index (κ2) is 5.54. The quantitative estimate of drug-likeness (QED) is 0.913. The number of rotatable bonds is 4. The molecule has 2 N–H and O–H groups in total. The summed E-state index contributed by atoms with van der Waals surface area (Å²) in [5.41, 5.74) is 2.92. The molecule has 1 unspecified atom stereocenters.